The summed E-state index contributed by atoms with van der Waals surface area (Å²) < 4.78 is 1.73. The van der Waals surface area contributed by atoms with Gasteiger partial charge in [0.15, 0.2) is 0 Å². The third-order valence-electron chi connectivity index (χ3n) is 4.46. The number of rotatable bonds is 5. The Bertz CT molecular complexity index is 838. The number of carbonyl (C=O) groups is 2. The maximum Gasteiger partial charge on any atom is 0.319 e. The predicted octanol–water partition coefficient (Wildman–Crippen LogP) is 1.21. The lowest BCUT2D eigenvalue weighted by Gasteiger charge is -2.09. The monoisotopic (exact) mass is 391 g/mol. The molecule has 2 aromatic rings. The van der Waals surface area contributed by atoms with Crippen LogP contribution in [-0.4, -0.2) is 46.6 Å². The fourth-order valence-corrected chi connectivity index (χ4v) is 3.06. The summed E-state index contributed by atoms with van der Waals surface area (Å²) >= 11 is 6.05. The van der Waals surface area contributed by atoms with Gasteiger partial charge in [-0.3, -0.25) is 4.79 Å². The highest BCUT2D eigenvalue weighted by Crippen LogP contribution is 2.20. The van der Waals surface area contributed by atoms with Gasteiger partial charge in [-0.15, -0.1) is 5.10 Å². The maximum atomic E-state index is 12.0. The van der Waals surface area contributed by atoms with Crippen LogP contribution in [0, 0.1) is 6.92 Å². The van der Waals surface area contributed by atoms with Crippen molar-refractivity contribution in [1.29, 1.82) is 0 Å². The van der Waals surface area contributed by atoms with Gasteiger partial charge in [0, 0.05) is 24.3 Å². The molecular formula is C17H22ClN7O2. The van der Waals surface area contributed by atoms with Gasteiger partial charge in [0.05, 0.1) is 24.8 Å². The second-order valence-corrected chi connectivity index (χ2v) is 6.83. The molecule has 0 bridgehead atoms. The van der Waals surface area contributed by atoms with Gasteiger partial charge in [-0.05, 0) is 31.0 Å². The fraction of sp³-hybridized carbons (Fsp3) is 0.412. The maximum absolute atomic E-state index is 12.0. The number of halogens is 1. The van der Waals surface area contributed by atoms with Crippen molar-refractivity contribution in [1.82, 2.24) is 30.9 Å². The molecule has 144 valence electrons. The number of urea groups is 1. The van der Waals surface area contributed by atoms with Gasteiger partial charge in [0.25, 0.3) is 0 Å². The Morgan fingerprint density at radius 1 is 1.41 bits per heavy atom. The number of amides is 3. The normalized spacial score (nSPS) is 18.9. The molecule has 3 amide bonds. The number of nitrogens with one attached hydrogen (secondary N) is 4. The van der Waals surface area contributed by atoms with E-state index >= 15 is 0 Å². The fourth-order valence-electron chi connectivity index (χ4n) is 2.88. The lowest BCUT2D eigenvalue weighted by Crippen LogP contribution is -2.38. The average molecular weight is 392 g/mol. The minimum absolute atomic E-state index is 0.0348. The van der Waals surface area contributed by atoms with E-state index in [2.05, 4.69) is 31.6 Å². The number of nitrogens with zero attached hydrogens (tertiary/aromatic N) is 3. The topological polar surface area (TPSA) is 113 Å². The first-order chi connectivity index (χ1) is 13.0. The lowest BCUT2D eigenvalue weighted by molar-refractivity contribution is -0.122. The van der Waals surface area contributed by atoms with Crippen LogP contribution in [0.2, 0.25) is 5.02 Å². The van der Waals surface area contributed by atoms with Crippen molar-refractivity contribution in [3.8, 4) is 0 Å². The van der Waals surface area contributed by atoms with Crippen LogP contribution in [0.25, 0.3) is 0 Å². The van der Waals surface area contributed by atoms with Crippen molar-refractivity contribution in [3.05, 3.63) is 40.7 Å². The summed E-state index contributed by atoms with van der Waals surface area (Å²) in [6.45, 7) is 2.78. The van der Waals surface area contributed by atoms with Crippen molar-refractivity contribution in [2.45, 2.75) is 32.0 Å². The molecule has 1 aliphatic heterocycles. The van der Waals surface area contributed by atoms with Gasteiger partial charge >= 0.3 is 6.03 Å². The van der Waals surface area contributed by atoms with Crippen LogP contribution in [0.3, 0.4) is 0 Å². The molecule has 10 heteroatoms. The summed E-state index contributed by atoms with van der Waals surface area (Å²) in [7, 11) is 1.62. The van der Waals surface area contributed by atoms with Crippen molar-refractivity contribution in [2.24, 2.45) is 0 Å². The molecule has 1 saturated heterocycles. The summed E-state index contributed by atoms with van der Waals surface area (Å²) in [5.74, 6) is -0.0348. The van der Waals surface area contributed by atoms with Gasteiger partial charge in [0.1, 0.15) is 5.69 Å². The van der Waals surface area contributed by atoms with Crippen LogP contribution in [0.15, 0.2) is 24.4 Å². The molecule has 3 rings (SSSR count). The zero-order valence-electron chi connectivity index (χ0n) is 15.1. The number of hydrogen-bond donors (Lipinski definition) is 4. The molecule has 0 aliphatic carbocycles. The number of benzene rings is 1. The van der Waals surface area contributed by atoms with Crippen LogP contribution >= 0.6 is 11.6 Å². The summed E-state index contributed by atoms with van der Waals surface area (Å²) in [4.78, 5) is 23.7. The molecule has 1 aromatic carbocycles. The second kappa shape index (κ2) is 8.36. The standard InChI is InChI=1S/C17H22ClN7O2/c1-10-3-4-11(5-14(10)18)22-17(27)21-7-12-9-25(24-23-12)13-6-15(20-8-13)16(26)19-2/h3-5,9,13,15,20H,6-8H2,1-2H3,(H,19,26)(H2,21,22,27)/t13-,15+/m1/s1. The molecule has 27 heavy (non-hydrogen) atoms. The summed E-state index contributed by atoms with van der Waals surface area (Å²) in [5.41, 5.74) is 2.19. The Labute approximate surface area is 161 Å². The van der Waals surface area contributed by atoms with E-state index in [9.17, 15) is 9.59 Å². The summed E-state index contributed by atoms with van der Waals surface area (Å²) in [6.07, 6.45) is 2.42. The van der Waals surface area contributed by atoms with Crippen LogP contribution in [0.5, 0.6) is 0 Å². The second-order valence-electron chi connectivity index (χ2n) is 6.43. The van der Waals surface area contributed by atoms with E-state index in [0.717, 1.165) is 5.56 Å². The molecule has 4 N–H and O–H groups in total. The molecule has 0 radical (unpaired) electrons. The average Bonchev–Trinajstić information content (AvgIpc) is 3.31. The van der Waals surface area contributed by atoms with E-state index in [0.29, 0.717) is 29.4 Å². The molecule has 2 heterocycles. The van der Waals surface area contributed by atoms with E-state index in [4.69, 9.17) is 11.6 Å². The van der Waals surface area contributed by atoms with E-state index in [1.54, 1.807) is 30.1 Å². The van der Waals surface area contributed by atoms with Crippen molar-refractivity contribution >= 4 is 29.2 Å². The Hall–Kier alpha value is -2.65. The highest BCUT2D eigenvalue weighted by atomic mass is 35.5. The molecule has 0 saturated carbocycles. The van der Waals surface area contributed by atoms with Gasteiger partial charge in [-0.1, -0.05) is 22.9 Å². The highest BCUT2D eigenvalue weighted by molar-refractivity contribution is 6.31. The van der Waals surface area contributed by atoms with Gasteiger partial charge in [-0.2, -0.15) is 0 Å². The predicted molar refractivity (Wildman–Crippen MR) is 102 cm³/mol. The lowest BCUT2D eigenvalue weighted by atomic mass is 10.1. The molecule has 0 spiro atoms. The number of aromatic nitrogens is 3. The van der Waals surface area contributed by atoms with Crippen molar-refractivity contribution in [3.63, 3.8) is 0 Å². The number of anilines is 1. The van der Waals surface area contributed by atoms with Crippen LogP contribution in [-0.2, 0) is 11.3 Å². The molecule has 9 nitrogen and oxygen atoms in total. The first-order valence-electron chi connectivity index (χ1n) is 8.63. The van der Waals surface area contributed by atoms with Crippen LogP contribution < -0.4 is 21.3 Å². The Balaban J connectivity index is 1.50. The zero-order chi connectivity index (χ0) is 19.4. The van der Waals surface area contributed by atoms with E-state index in [-0.39, 0.29) is 30.6 Å². The molecule has 1 aliphatic rings. The molecule has 0 unspecified atom stereocenters. The van der Waals surface area contributed by atoms with Gasteiger partial charge < -0.3 is 21.3 Å². The Morgan fingerprint density at radius 3 is 2.96 bits per heavy atom. The number of aryl methyl sites for hydroxylation is 1. The van der Waals surface area contributed by atoms with E-state index < -0.39 is 0 Å². The van der Waals surface area contributed by atoms with Gasteiger partial charge in [0.2, 0.25) is 5.91 Å². The summed E-state index contributed by atoms with van der Waals surface area (Å²) in [6, 6.07) is 4.79. The number of likely N-dealkylation sites (N-methyl/N-ethyl adjacent to an activating group) is 1. The number of hydrogen-bond acceptors (Lipinski definition) is 5. The van der Waals surface area contributed by atoms with E-state index in [1.807, 2.05) is 13.0 Å². The largest absolute Gasteiger partial charge is 0.358 e. The van der Waals surface area contributed by atoms with Crippen molar-refractivity contribution < 1.29 is 9.59 Å². The number of carbonyl (C=O) groups excluding carboxylic acids is 2. The summed E-state index contributed by atoms with van der Waals surface area (Å²) in [5, 5.41) is 20.0. The van der Waals surface area contributed by atoms with Crippen LogP contribution in [0.4, 0.5) is 10.5 Å². The minimum Gasteiger partial charge on any atom is -0.358 e. The third kappa shape index (κ3) is 4.75. The first-order valence-corrected chi connectivity index (χ1v) is 9.00. The Morgan fingerprint density at radius 2 is 2.22 bits per heavy atom. The Kier molecular flexibility index (Phi) is 5.92. The first kappa shape index (κ1) is 19.1. The third-order valence-corrected chi connectivity index (χ3v) is 4.87. The molecule has 2 atom stereocenters. The molecule has 1 aromatic heterocycles. The van der Waals surface area contributed by atoms with Crippen LogP contribution in [0.1, 0.15) is 23.7 Å². The zero-order valence-corrected chi connectivity index (χ0v) is 15.9. The smallest absolute Gasteiger partial charge is 0.319 e. The quantitative estimate of drug-likeness (QED) is 0.612. The molecule has 1 fully saturated rings. The van der Waals surface area contributed by atoms with Gasteiger partial charge in [-0.25, -0.2) is 9.48 Å². The van der Waals surface area contributed by atoms with Crippen molar-refractivity contribution in [2.75, 3.05) is 18.9 Å². The highest BCUT2D eigenvalue weighted by Gasteiger charge is 2.30. The molecular weight excluding hydrogens is 370 g/mol. The minimum atomic E-state index is -0.355. The SMILES string of the molecule is CNC(=O)[C@@H]1C[C@@H](n2cc(CNC(=O)Nc3ccc(C)c(Cl)c3)nn2)CN1. The van der Waals surface area contributed by atoms with E-state index in [1.165, 1.54) is 0 Å².